The second kappa shape index (κ2) is 7.73. The topological polar surface area (TPSA) is 98.0 Å². The molecule has 9 heteroatoms. The molecule has 0 saturated heterocycles. The molecule has 0 radical (unpaired) electrons. The van der Waals surface area contributed by atoms with Crippen molar-refractivity contribution in [2.45, 2.75) is 27.0 Å². The zero-order chi connectivity index (χ0) is 17.8. The Morgan fingerprint density at radius 2 is 2.20 bits per heavy atom. The lowest BCUT2D eigenvalue weighted by Gasteiger charge is -2.10. The predicted molar refractivity (Wildman–Crippen MR) is 95.0 cm³/mol. The van der Waals surface area contributed by atoms with E-state index in [-0.39, 0.29) is 11.9 Å². The van der Waals surface area contributed by atoms with Crippen molar-refractivity contribution in [2.24, 2.45) is 0 Å². The van der Waals surface area contributed by atoms with Gasteiger partial charge < -0.3 is 15.2 Å². The number of fused-ring (bicyclic) bond motifs is 1. The van der Waals surface area contributed by atoms with Crippen LogP contribution in [0.15, 0.2) is 18.3 Å². The fraction of sp³-hybridized carbons (Fsp3) is 0.375. The van der Waals surface area contributed by atoms with E-state index in [1.807, 2.05) is 26.0 Å². The van der Waals surface area contributed by atoms with Gasteiger partial charge in [0.05, 0.1) is 19.8 Å². The third-order valence-corrected chi connectivity index (χ3v) is 3.76. The molecule has 0 atom stereocenters. The minimum atomic E-state index is -0.242. The van der Waals surface area contributed by atoms with Gasteiger partial charge in [-0.25, -0.2) is 9.97 Å². The predicted octanol–water partition coefficient (Wildman–Crippen LogP) is 2.46. The lowest BCUT2D eigenvalue weighted by atomic mass is 10.3. The average Bonchev–Trinajstić information content (AvgIpc) is 2.93. The van der Waals surface area contributed by atoms with Crippen molar-refractivity contribution in [3.8, 4) is 0 Å². The molecule has 3 heterocycles. The zero-order valence-electron chi connectivity index (χ0n) is 14.0. The Morgan fingerprint density at radius 3 is 2.92 bits per heavy atom. The second-order valence-corrected chi connectivity index (χ2v) is 5.74. The van der Waals surface area contributed by atoms with Gasteiger partial charge in [0, 0.05) is 12.8 Å². The van der Waals surface area contributed by atoms with Crippen molar-refractivity contribution < 1.29 is 9.84 Å². The zero-order valence-corrected chi connectivity index (χ0v) is 14.8. The molecule has 0 bridgehead atoms. The van der Waals surface area contributed by atoms with Crippen molar-refractivity contribution in [3.05, 3.63) is 34.9 Å². The van der Waals surface area contributed by atoms with Crippen LogP contribution in [0.25, 0.3) is 11.0 Å². The number of aromatic nitrogens is 5. The van der Waals surface area contributed by atoms with E-state index in [1.165, 1.54) is 0 Å². The molecule has 0 fully saturated rings. The summed E-state index contributed by atoms with van der Waals surface area (Å²) in [4.78, 5) is 12.8. The molecule has 0 amide bonds. The molecule has 0 saturated carbocycles. The maximum atomic E-state index is 9.59. The standard InChI is InChI=1S/C16H19ClN6O2/c1-3-25-7-6-23-14-13(11(9-24)22-23)20-16(17)21-15(14)19-12-8-10(2)4-5-18-12/h4-5,8,24H,3,6-7,9H2,1-2H3,(H,18,19,20,21). The van der Waals surface area contributed by atoms with E-state index in [9.17, 15) is 5.11 Å². The minimum Gasteiger partial charge on any atom is -0.390 e. The summed E-state index contributed by atoms with van der Waals surface area (Å²) in [6.07, 6.45) is 1.71. The molecule has 0 unspecified atom stereocenters. The number of pyridine rings is 1. The number of hydrogen-bond acceptors (Lipinski definition) is 7. The molecular formula is C16H19ClN6O2. The van der Waals surface area contributed by atoms with Gasteiger partial charge in [-0.1, -0.05) is 0 Å². The van der Waals surface area contributed by atoms with E-state index < -0.39 is 0 Å². The number of hydrogen-bond donors (Lipinski definition) is 2. The molecule has 132 valence electrons. The molecule has 0 spiro atoms. The van der Waals surface area contributed by atoms with Crippen molar-refractivity contribution >= 4 is 34.3 Å². The number of aliphatic hydroxyl groups excluding tert-OH is 1. The third-order valence-electron chi connectivity index (χ3n) is 3.59. The first kappa shape index (κ1) is 17.5. The van der Waals surface area contributed by atoms with E-state index in [0.717, 1.165) is 5.56 Å². The van der Waals surface area contributed by atoms with Crippen molar-refractivity contribution in [1.29, 1.82) is 0 Å². The lowest BCUT2D eigenvalue weighted by Crippen LogP contribution is -2.09. The Bertz CT molecular complexity index is 882. The fourth-order valence-electron chi connectivity index (χ4n) is 2.49. The highest BCUT2D eigenvalue weighted by Crippen LogP contribution is 2.27. The molecule has 0 aliphatic carbocycles. The van der Waals surface area contributed by atoms with Crippen LogP contribution in [0.2, 0.25) is 5.28 Å². The summed E-state index contributed by atoms with van der Waals surface area (Å²) >= 11 is 6.06. The van der Waals surface area contributed by atoms with E-state index in [0.29, 0.717) is 48.1 Å². The van der Waals surface area contributed by atoms with Crippen LogP contribution in [0.4, 0.5) is 11.6 Å². The molecular weight excluding hydrogens is 344 g/mol. The summed E-state index contributed by atoms with van der Waals surface area (Å²) in [7, 11) is 0. The Morgan fingerprint density at radius 1 is 1.36 bits per heavy atom. The first-order valence-corrected chi connectivity index (χ1v) is 8.31. The van der Waals surface area contributed by atoms with E-state index in [4.69, 9.17) is 16.3 Å². The number of nitrogens with zero attached hydrogens (tertiary/aromatic N) is 5. The fourth-order valence-corrected chi connectivity index (χ4v) is 2.66. The number of anilines is 2. The Hall–Kier alpha value is -2.29. The van der Waals surface area contributed by atoms with E-state index >= 15 is 0 Å². The van der Waals surface area contributed by atoms with Gasteiger partial charge in [0.15, 0.2) is 5.82 Å². The third kappa shape index (κ3) is 3.87. The highest BCUT2D eigenvalue weighted by Gasteiger charge is 2.18. The number of halogens is 1. The SMILES string of the molecule is CCOCCn1nc(CO)c2nc(Cl)nc(Nc3cc(C)ccn3)c21. The number of nitrogens with one attached hydrogen (secondary N) is 1. The molecule has 3 rings (SSSR count). The molecule has 0 aromatic carbocycles. The van der Waals surface area contributed by atoms with Crippen LogP contribution in [0.5, 0.6) is 0 Å². The molecule has 25 heavy (non-hydrogen) atoms. The monoisotopic (exact) mass is 362 g/mol. The van der Waals surface area contributed by atoms with Crippen LogP contribution < -0.4 is 5.32 Å². The van der Waals surface area contributed by atoms with Gasteiger partial charge in [-0.05, 0) is 43.1 Å². The van der Waals surface area contributed by atoms with Crippen LogP contribution in [0, 0.1) is 6.92 Å². The first-order chi connectivity index (χ1) is 12.1. The Kier molecular flexibility index (Phi) is 5.42. The number of rotatable bonds is 7. The Labute approximate surface area is 149 Å². The normalized spacial score (nSPS) is 11.2. The van der Waals surface area contributed by atoms with Gasteiger partial charge >= 0.3 is 0 Å². The summed E-state index contributed by atoms with van der Waals surface area (Å²) in [5.74, 6) is 1.12. The molecule has 0 aliphatic heterocycles. The average molecular weight is 363 g/mol. The summed E-state index contributed by atoms with van der Waals surface area (Å²) in [5, 5.41) is 17.2. The van der Waals surface area contributed by atoms with Gasteiger partial charge in [0.25, 0.3) is 0 Å². The molecule has 3 aromatic rings. The molecule has 0 aliphatic rings. The summed E-state index contributed by atoms with van der Waals surface area (Å²) in [5.41, 5.74) is 2.66. The quantitative estimate of drug-likeness (QED) is 0.492. The van der Waals surface area contributed by atoms with E-state index in [1.54, 1.807) is 10.9 Å². The molecule has 3 aromatic heterocycles. The van der Waals surface area contributed by atoms with Crippen LogP contribution in [-0.2, 0) is 17.9 Å². The van der Waals surface area contributed by atoms with Gasteiger partial charge in [-0.3, -0.25) is 4.68 Å². The number of aliphatic hydroxyl groups is 1. The summed E-state index contributed by atoms with van der Waals surface area (Å²) in [6.45, 7) is 5.28. The van der Waals surface area contributed by atoms with Crippen molar-refractivity contribution in [2.75, 3.05) is 18.5 Å². The number of ether oxygens (including phenoxy) is 1. The van der Waals surface area contributed by atoms with E-state index in [2.05, 4.69) is 25.4 Å². The smallest absolute Gasteiger partial charge is 0.225 e. The van der Waals surface area contributed by atoms with Crippen molar-refractivity contribution in [1.82, 2.24) is 24.7 Å². The van der Waals surface area contributed by atoms with Crippen LogP contribution >= 0.6 is 11.6 Å². The van der Waals surface area contributed by atoms with Crippen molar-refractivity contribution in [3.63, 3.8) is 0 Å². The molecule has 2 N–H and O–H groups in total. The maximum Gasteiger partial charge on any atom is 0.225 e. The van der Waals surface area contributed by atoms with Gasteiger partial charge in [0.2, 0.25) is 5.28 Å². The highest BCUT2D eigenvalue weighted by molar-refractivity contribution is 6.28. The van der Waals surface area contributed by atoms with Gasteiger partial charge in [0.1, 0.15) is 22.5 Å². The van der Waals surface area contributed by atoms with Gasteiger partial charge in [-0.15, -0.1) is 0 Å². The largest absolute Gasteiger partial charge is 0.390 e. The second-order valence-electron chi connectivity index (χ2n) is 5.41. The number of aryl methyl sites for hydroxylation is 1. The summed E-state index contributed by atoms with van der Waals surface area (Å²) < 4.78 is 7.12. The van der Waals surface area contributed by atoms with Crippen LogP contribution in [0.3, 0.4) is 0 Å². The van der Waals surface area contributed by atoms with Crippen LogP contribution in [-0.4, -0.2) is 43.1 Å². The Balaban J connectivity index is 2.07. The maximum absolute atomic E-state index is 9.59. The minimum absolute atomic E-state index is 0.0710. The first-order valence-electron chi connectivity index (χ1n) is 7.93. The lowest BCUT2D eigenvalue weighted by molar-refractivity contribution is 0.137. The summed E-state index contributed by atoms with van der Waals surface area (Å²) in [6, 6.07) is 3.81. The molecule has 8 nitrogen and oxygen atoms in total. The van der Waals surface area contributed by atoms with Crippen LogP contribution in [0.1, 0.15) is 18.2 Å². The highest BCUT2D eigenvalue weighted by atomic mass is 35.5. The van der Waals surface area contributed by atoms with Gasteiger partial charge in [-0.2, -0.15) is 10.1 Å².